The van der Waals surface area contributed by atoms with Crippen LogP contribution in [0.3, 0.4) is 0 Å². The topological polar surface area (TPSA) is 35.2 Å². The Morgan fingerprint density at radius 1 is 1.35 bits per heavy atom. The van der Waals surface area contributed by atoms with Crippen molar-refractivity contribution in [2.75, 3.05) is 0 Å². The molecule has 0 aliphatic rings. The van der Waals surface area contributed by atoms with E-state index in [0.717, 1.165) is 10.0 Å². The fourth-order valence-corrected chi connectivity index (χ4v) is 2.39. The molecule has 5 heteroatoms. The first-order chi connectivity index (χ1) is 9.49. The molecule has 2 aromatic carbocycles. The van der Waals surface area contributed by atoms with Crippen molar-refractivity contribution in [2.45, 2.75) is 19.6 Å². The largest absolute Gasteiger partial charge is 0.488 e. The monoisotopic (exact) mass is 357 g/mol. The average molecular weight is 359 g/mol. The first-order valence-electron chi connectivity index (χ1n) is 6.09. The van der Waals surface area contributed by atoms with Crippen molar-refractivity contribution < 1.29 is 9.13 Å². The van der Waals surface area contributed by atoms with Crippen LogP contribution in [0.5, 0.6) is 5.75 Å². The van der Waals surface area contributed by atoms with Crippen LogP contribution in [-0.2, 0) is 6.61 Å². The summed E-state index contributed by atoms with van der Waals surface area (Å²) in [5, 5.41) is 0.349. The van der Waals surface area contributed by atoms with Gasteiger partial charge in [-0.25, -0.2) is 4.39 Å². The normalized spacial score (nSPS) is 12.2. The molecule has 0 fully saturated rings. The fourth-order valence-electron chi connectivity index (χ4n) is 1.83. The van der Waals surface area contributed by atoms with Gasteiger partial charge in [-0.2, -0.15) is 0 Å². The zero-order valence-corrected chi connectivity index (χ0v) is 13.2. The number of ether oxygens (including phenoxy) is 1. The molecular weight excluding hydrogens is 345 g/mol. The van der Waals surface area contributed by atoms with Crippen LogP contribution in [0.1, 0.15) is 24.1 Å². The molecule has 106 valence electrons. The van der Waals surface area contributed by atoms with E-state index in [9.17, 15) is 4.39 Å². The van der Waals surface area contributed by atoms with E-state index in [1.54, 1.807) is 12.1 Å². The Balaban J connectivity index is 2.25. The molecule has 0 saturated heterocycles. The Kier molecular flexibility index (Phi) is 5.02. The predicted molar refractivity (Wildman–Crippen MR) is 82.5 cm³/mol. The van der Waals surface area contributed by atoms with Crippen LogP contribution in [0.25, 0.3) is 0 Å². The molecule has 0 radical (unpaired) electrons. The Morgan fingerprint density at radius 3 is 2.75 bits per heavy atom. The van der Waals surface area contributed by atoms with E-state index >= 15 is 0 Å². The highest BCUT2D eigenvalue weighted by molar-refractivity contribution is 9.10. The summed E-state index contributed by atoms with van der Waals surface area (Å²) >= 11 is 9.36. The minimum atomic E-state index is -0.380. The van der Waals surface area contributed by atoms with Gasteiger partial charge in [0.15, 0.2) is 0 Å². The van der Waals surface area contributed by atoms with Crippen LogP contribution in [0.15, 0.2) is 40.9 Å². The van der Waals surface area contributed by atoms with Gasteiger partial charge in [0, 0.05) is 21.6 Å². The molecule has 1 unspecified atom stereocenters. The molecule has 0 saturated carbocycles. The third-order valence-electron chi connectivity index (χ3n) is 2.90. The van der Waals surface area contributed by atoms with Crippen molar-refractivity contribution in [3.05, 3.63) is 62.8 Å². The lowest BCUT2D eigenvalue weighted by Crippen LogP contribution is -2.08. The fraction of sp³-hybridized carbons (Fsp3) is 0.200. The van der Waals surface area contributed by atoms with Crippen molar-refractivity contribution in [3.63, 3.8) is 0 Å². The van der Waals surface area contributed by atoms with Crippen molar-refractivity contribution in [1.82, 2.24) is 0 Å². The van der Waals surface area contributed by atoms with E-state index in [4.69, 9.17) is 22.1 Å². The summed E-state index contributed by atoms with van der Waals surface area (Å²) in [7, 11) is 0. The molecule has 0 aliphatic carbocycles. The number of hydrogen-bond acceptors (Lipinski definition) is 2. The Labute approximate surface area is 130 Å². The smallest absolute Gasteiger partial charge is 0.131 e. The number of nitrogens with two attached hydrogens (primary N) is 1. The van der Waals surface area contributed by atoms with E-state index in [-0.39, 0.29) is 18.5 Å². The molecular formula is C15H14BrClFNO. The molecule has 2 aromatic rings. The van der Waals surface area contributed by atoms with Crippen molar-refractivity contribution >= 4 is 27.5 Å². The lowest BCUT2D eigenvalue weighted by molar-refractivity contribution is 0.295. The van der Waals surface area contributed by atoms with E-state index in [1.807, 2.05) is 25.1 Å². The minimum Gasteiger partial charge on any atom is -0.488 e. The summed E-state index contributed by atoms with van der Waals surface area (Å²) in [6, 6.07) is 9.97. The second kappa shape index (κ2) is 6.57. The molecule has 2 N–H and O–H groups in total. The van der Waals surface area contributed by atoms with E-state index in [2.05, 4.69) is 15.9 Å². The molecule has 0 heterocycles. The Bertz CT molecular complexity index is 599. The minimum absolute atomic E-state index is 0.0572. The number of halogens is 3. The molecule has 0 spiro atoms. The van der Waals surface area contributed by atoms with Gasteiger partial charge in [-0.05, 0) is 31.2 Å². The lowest BCUT2D eigenvalue weighted by atomic mass is 10.1. The Morgan fingerprint density at radius 2 is 2.10 bits per heavy atom. The number of benzene rings is 2. The summed E-state index contributed by atoms with van der Waals surface area (Å²) < 4.78 is 20.3. The standard InChI is InChI=1S/C15H14BrClFNO/c1-9(19)11-6-5-10(16)7-15(11)20-8-12-13(17)3-2-4-14(12)18/h2-7,9H,8,19H2,1H3. The lowest BCUT2D eigenvalue weighted by Gasteiger charge is -2.15. The van der Waals surface area contributed by atoms with Crippen molar-refractivity contribution in [1.29, 1.82) is 0 Å². The van der Waals surface area contributed by atoms with Gasteiger partial charge in [-0.15, -0.1) is 0 Å². The second-order valence-corrected chi connectivity index (χ2v) is 5.78. The van der Waals surface area contributed by atoms with Gasteiger partial charge < -0.3 is 10.5 Å². The summed E-state index contributed by atoms with van der Waals surface area (Å²) in [6.45, 7) is 1.92. The quantitative estimate of drug-likeness (QED) is 0.848. The van der Waals surface area contributed by atoms with Gasteiger partial charge in [0.1, 0.15) is 18.2 Å². The van der Waals surface area contributed by atoms with Gasteiger partial charge in [-0.1, -0.05) is 39.7 Å². The molecule has 1 atom stereocenters. The maximum atomic E-state index is 13.7. The van der Waals surface area contributed by atoms with Gasteiger partial charge >= 0.3 is 0 Å². The van der Waals surface area contributed by atoms with Crippen LogP contribution in [-0.4, -0.2) is 0 Å². The second-order valence-electron chi connectivity index (χ2n) is 4.46. The summed E-state index contributed by atoms with van der Waals surface area (Å²) in [5.74, 6) is 0.239. The first kappa shape index (κ1) is 15.3. The molecule has 0 amide bonds. The number of rotatable bonds is 4. The Hall–Kier alpha value is -1.10. The molecule has 0 bridgehead atoms. The number of hydrogen-bond donors (Lipinski definition) is 1. The third kappa shape index (κ3) is 3.51. The van der Waals surface area contributed by atoms with Crippen LogP contribution < -0.4 is 10.5 Å². The van der Waals surface area contributed by atoms with Crippen LogP contribution in [0.2, 0.25) is 5.02 Å². The molecule has 0 aromatic heterocycles. The van der Waals surface area contributed by atoms with Gasteiger partial charge in [-0.3, -0.25) is 0 Å². The average Bonchev–Trinajstić information content (AvgIpc) is 2.37. The molecule has 2 nitrogen and oxygen atoms in total. The molecule has 0 aliphatic heterocycles. The van der Waals surface area contributed by atoms with Gasteiger partial charge in [0.25, 0.3) is 0 Å². The van der Waals surface area contributed by atoms with Crippen molar-refractivity contribution in [3.8, 4) is 5.75 Å². The zero-order chi connectivity index (χ0) is 14.7. The highest BCUT2D eigenvalue weighted by atomic mass is 79.9. The summed E-state index contributed by atoms with van der Waals surface area (Å²) in [6.07, 6.45) is 0. The first-order valence-corrected chi connectivity index (χ1v) is 7.27. The van der Waals surface area contributed by atoms with Crippen molar-refractivity contribution in [2.24, 2.45) is 5.73 Å². The van der Waals surface area contributed by atoms with E-state index < -0.39 is 0 Å². The summed E-state index contributed by atoms with van der Waals surface area (Å²) in [4.78, 5) is 0. The van der Waals surface area contributed by atoms with Crippen LogP contribution in [0, 0.1) is 5.82 Å². The van der Waals surface area contributed by atoms with E-state index in [1.165, 1.54) is 6.07 Å². The van der Waals surface area contributed by atoms with Crippen LogP contribution >= 0.6 is 27.5 Å². The van der Waals surface area contributed by atoms with E-state index in [0.29, 0.717) is 16.3 Å². The zero-order valence-electron chi connectivity index (χ0n) is 10.9. The maximum absolute atomic E-state index is 13.7. The molecule has 2 rings (SSSR count). The van der Waals surface area contributed by atoms with Gasteiger partial charge in [0.05, 0.1) is 5.02 Å². The van der Waals surface area contributed by atoms with Crippen LogP contribution in [0.4, 0.5) is 4.39 Å². The summed E-state index contributed by atoms with van der Waals surface area (Å²) in [5.41, 5.74) is 7.10. The third-order valence-corrected chi connectivity index (χ3v) is 3.75. The SMILES string of the molecule is CC(N)c1ccc(Br)cc1OCc1c(F)cccc1Cl. The highest BCUT2D eigenvalue weighted by Crippen LogP contribution is 2.29. The van der Waals surface area contributed by atoms with Gasteiger partial charge in [0.2, 0.25) is 0 Å². The highest BCUT2D eigenvalue weighted by Gasteiger charge is 2.12. The predicted octanol–water partition coefficient (Wildman–Crippen LogP) is 4.84. The maximum Gasteiger partial charge on any atom is 0.131 e. The molecule has 20 heavy (non-hydrogen) atoms.